The second kappa shape index (κ2) is 3.89. The van der Waals surface area contributed by atoms with Crippen LogP contribution < -0.4 is 5.32 Å². The second-order valence-corrected chi connectivity index (χ2v) is 5.26. The molecule has 1 aliphatic carbocycles. The summed E-state index contributed by atoms with van der Waals surface area (Å²) in [6, 6.07) is 0. The average Bonchev–Trinajstić information content (AvgIpc) is 2.80. The fraction of sp³-hybridized carbons (Fsp3) is 0.727. The van der Waals surface area contributed by atoms with Crippen molar-refractivity contribution in [2.24, 2.45) is 5.41 Å². The van der Waals surface area contributed by atoms with Gasteiger partial charge in [-0.2, -0.15) is 0 Å². The fourth-order valence-corrected chi connectivity index (χ4v) is 2.61. The molecule has 0 bridgehead atoms. The van der Waals surface area contributed by atoms with Crippen LogP contribution in [0.3, 0.4) is 0 Å². The van der Waals surface area contributed by atoms with E-state index in [0.29, 0.717) is 5.41 Å². The van der Waals surface area contributed by atoms with Crippen LogP contribution in [0.1, 0.15) is 38.3 Å². The van der Waals surface area contributed by atoms with Gasteiger partial charge in [0.2, 0.25) is 0 Å². The molecule has 2 nitrogen and oxygen atoms in total. The number of hydrogen-bond donors (Lipinski definition) is 1. The lowest BCUT2D eigenvalue weighted by Gasteiger charge is -2.13. The Morgan fingerprint density at radius 1 is 1.57 bits per heavy atom. The number of thiazole rings is 1. The van der Waals surface area contributed by atoms with E-state index in [4.69, 9.17) is 0 Å². The standard InChI is InChI=1S/C11H18N2S/c1-3-4-11(5-6-11)8-12-10-13-9(2)7-14-10/h7H,3-6,8H2,1-2H3,(H,12,13). The summed E-state index contributed by atoms with van der Waals surface area (Å²) in [5, 5.41) is 6.65. The highest BCUT2D eigenvalue weighted by molar-refractivity contribution is 7.13. The van der Waals surface area contributed by atoms with E-state index in [2.05, 4.69) is 22.6 Å². The summed E-state index contributed by atoms with van der Waals surface area (Å²) < 4.78 is 0. The molecule has 0 unspecified atom stereocenters. The minimum Gasteiger partial charge on any atom is -0.361 e. The van der Waals surface area contributed by atoms with Crippen LogP contribution in [-0.2, 0) is 0 Å². The summed E-state index contributed by atoms with van der Waals surface area (Å²) >= 11 is 1.71. The zero-order valence-corrected chi connectivity index (χ0v) is 9.78. The first kappa shape index (κ1) is 9.97. The minimum absolute atomic E-state index is 0.619. The van der Waals surface area contributed by atoms with Crippen molar-refractivity contribution in [3.05, 3.63) is 11.1 Å². The maximum atomic E-state index is 4.41. The molecule has 1 fully saturated rings. The summed E-state index contributed by atoms with van der Waals surface area (Å²) in [6.45, 7) is 5.43. The molecule has 0 aromatic carbocycles. The first-order valence-corrected chi connectivity index (χ1v) is 6.28. The lowest BCUT2D eigenvalue weighted by molar-refractivity contribution is 0.485. The first-order valence-electron chi connectivity index (χ1n) is 5.40. The van der Waals surface area contributed by atoms with Gasteiger partial charge in [-0.3, -0.25) is 0 Å². The highest BCUT2D eigenvalue weighted by Crippen LogP contribution is 2.49. The smallest absolute Gasteiger partial charge is 0.182 e. The topological polar surface area (TPSA) is 24.9 Å². The van der Waals surface area contributed by atoms with Crippen LogP contribution in [0.2, 0.25) is 0 Å². The molecule has 0 atom stereocenters. The van der Waals surface area contributed by atoms with Crippen LogP contribution in [-0.4, -0.2) is 11.5 Å². The quantitative estimate of drug-likeness (QED) is 0.805. The number of nitrogens with zero attached hydrogens (tertiary/aromatic N) is 1. The van der Waals surface area contributed by atoms with Crippen LogP contribution in [0.15, 0.2) is 5.38 Å². The van der Waals surface area contributed by atoms with Crippen molar-refractivity contribution < 1.29 is 0 Å². The van der Waals surface area contributed by atoms with Crippen molar-refractivity contribution >= 4 is 16.5 Å². The molecule has 0 amide bonds. The van der Waals surface area contributed by atoms with E-state index in [1.54, 1.807) is 11.3 Å². The zero-order chi connectivity index (χ0) is 10.0. The van der Waals surface area contributed by atoms with E-state index in [1.807, 2.05) is 6.92 Å². The molecule has 0 spiro atoms. The lowest BCUT2D eigenvalue weighted by atomic mass is 10.0. The van der Waals surface area contributed by atoms with Crippen molar-refractivity contribution in [1.82, 2.24) is 4.98 Å². The molecule has 0 saturated heterocycles. The molecule has 1 N–H and O–H groups in total. The number of aryl methyl sites for hydroxylation is 1. The van der Waals surface area contributed by atoms with Crippen LogP contribution >= 0.6 is 11.3 Å². The largest absolute Gasteiger partial charge is 0.361 e. The summed E-state index contributed by atoms with van der Waals surface area (Å²) in [7, 11) is 0. The summed E-state index contributed by atoms with van der Waals surface area (Å²) in [4.78, 5) is 4.41. The van der Waals surface area contributed by atoms with Gasteiger partial charge in [-0.25, -0.2) is 4.98 Å². The average molecular weight is 210 g/mol. The Morgan fingerprint density at radius 2 is 2.36 bits per heavy atom. The van der Waals surface area contributed by atoms with E-state index < -0.39 is 0 Å². The molecule has 1 heterocycles. The minimum atomic E-state index is 0.619. The maximum absolute atomic E-state index is 4.41. The maximum Gasteiger partial charge on any atom is 0.182 e. The molecule has 1 saturated carbocycles. The highest BCUT2D eigenvalue weighted by atomic mass is 32.1. The number of nitrogens with one attached hydrogen (secondary N) is 1. The summed E-state index contributed by atoms with van der Waals surface area (Å²) in [6.07, 6.45) is 5.47. The molecule has 1 aromatic rings. The Hall–Kier alpha value is -0.570. The van der Waals surface area contributed by atoms with Crippen molar-refractivity contribution in [1.29, 1.82) is 0 Å². The molecule has 2 rings (SSSR count). The van der Waals surface area contributed by atoms with Crippen LogP contribution in [0.5, 0.6) is 0 Å². The van der Waals surface area contributed by atoms with Gasteiger partial charge in [0.1, 0.15) is 0 Å². The van der Waals surface area contributed by atoms with Crippen molar-refractivity contribution in [2.75, 3.05) is 11.9 Å². The van der Waals surface area contributed by atoms with Crippen molar-refractivity contribution in [3.63, 3.8) is 0 Å². The van der Waals surface area contributed by atoms with Gasteiger partial charge in [0.15, 0.2) is 5.13 Å². The molecule has 14 heavy (non-hydrogen) atoms. The summed E-state index contributed by atoms with van der Waals surface area (Å²) in [5.41, 5.74) is 1.74. The third-order valence-corrected chi connectivity index (χ3v) is 3.89. The second-order valence-electron chi connectivity index (χ2n) is 4.40. The fourth-order valence-electron chi connectivity index (χ4n) is 1.92. The molecule has 0 aliphatic heterocycles. The predicted octanol–water partition coefficient (Wildman–Crippen LogP) is 3.44. The number of anilines is 1. The van der Waals surface area contributed by atoms with E-state index in [0.717, 1.165) is 17.4 Å². The lowest BCUT2D eigenvalue weighted by Crippen LogP contribution is -2.14. The summed E-state index contributed by atoms with van der Waals surface area (Å²) in [5.74, 6) is 0. The third-order valence-electron chi connectivity index (χ3n) is 2.97. The highest BCUT2D eigenvalue weighted by Gasteiger charge is 2.41. The van der Waals surface area contributed by atoms with E-state index >= 15 is 0 Å². The zero-order valence-electron chi connectivity index (χ0n) is 8.97. The van der Waals surface area contributed by atoms with Crippen LogP contribution in [0.25, 0.3) is 0 Å². The van der Waals surface area contributed by atoms with E-state index in [-0.39, 0.29) is 0 Å². The van der Waals surface area contributed by atoms with Crippen LogP contribution in [0, 0.1) is 12.3 Å². The van der Waals surface area contributed by atoms with E-state index in [9.17, 15) is 0 Å². The molecule has 3 heteroatoms. The van der Waals surface area contributed by atoms with Crippen molar-refractivity contribution in [2.45, 2.75) is 39.5 Å². The Bertz CT molecular complexity index is 302. The van der Waals surface area contributed by atoms with E-state index in [1.165, 1.54) is 25.7 Å². The molecular formula is C11H18N2S. The Balaban J connectivity index is 1.82. The first-order chi connectivity index (χ1) is 6.74. The molecule has 0 radical (unpaired) electrons. The van der Waals surface area contributed by atoms with Gasteiger partial charge in [0.25, 0.3) is 0 Å². The Labute approximate surface area is 89.8 Å². The van der Waals surface area contributed by atoms with Gasteiger partial charge in [-0.15, -0.1) is 11.3 Å². The number of hydrogen-bond acceptors (Lipinski definition) is 3. The number of rotatable bonds is 5. The van der Waals surface area contributed by atoms with Gasteiger partial charge in [-0.05, 0) is 31.6 Å². The molecule has 1 aliphatic rings. The van der Waals surface area contributed by atoms with Gasteiger partial charge < -0.3 is 5.32 Å². The monoisotopic (exact) mass is 210 g/mol. The molecular weight excluding hydrogens is 192 g/mol. The SMILES string of the molecule is CCCC1(CNc2nc(C)cs2)CC1. The third kappa shape index (κ3) is 2.27. The number of aromatic nitrogens is 1. The van der Waals surface area contributed by atoms with Crippen LogP contribution in [0.4, 0.5) is 5.13 Å². The molecule has 78 valence electrons. The molecule has 1 aromatic heterocycles. The van der Waals surface area contributed by atoms with Gasteiger partial charge in [-0.1, -0.05) is 13.3 Å². The van der Waals surface area contributed by atoms with Gasteiger partial charge in [0.05, 0.1) is 5.69 Å². The predicted molar refractivity (Wildman–Crippen MR) is 61.9 cm³/mol. The Kier molecular flexibility index (Phi) is 2.77. The Morgan fingerprint density at radius 3 is 2.86 bits per heavy atom. The van der Waals surface area contributed by atoms with Gasteiger partial charge >= 0.3 is 0 Å². The normalized spacial score (nSPS) is 18.1. The van der Waals surface area contributed by atoms with Gasteiger partial charge in [0, 0.05) is 11.9 Å². The van der Waals surface area contributed by atoms with Crippen molar-refractivity contribution in [3.8, 4) is 0 Å².